The Morgan fingerprint density at radius 3 is 2.84 bits per heavy atom. The Hall–Kier alpha value is -2.01. The van der Waals surface area contributed by atoms with E-state index in [0.717, 1.165) is 31.6 Å². The number of tetrazole rings is 1. The lowest BCUT2D eigenvalue weighted by atomic mass is 10.1. The Morgan fingerprint density at radius 2 is 2.11 bits per heavy atom. The molecule has 0 spiro atoms. The minimum absolute atomic E-state index is 0.716. The fraction of sp³-hybridized carbons (Fsp3) is 0.357. The third-order valence-corrected chi connectivity index (χ3v) is 3.39. The number of aromatic nitrogens is 4. The van der Waals surface area contributed by atoms with Crippen LogP contribution in [-0.2, 0) is 6.54 Å². The number of hydrogen-bond donors (Lipinski definition) is 1. The second-order valence-corrected chi connectivity index (χ2v) is 4.95. The molecule has 0 saturated carbocycles. The van der Waals surface area contributed by atoms with E-state index in [4.69, 9.17) is 0 Å². The molecule has 19 heavy (non-hydrogen) atoms. The van der Waals surface area contributed by atoms with Crippen molar-refractivity contribution < 1.29 is 0 Å². The van der Waals surface area contributed by atoms with Gasteiger partial charge >= 0.3 is 0 Å². The average molecular weight is 255 g/mol. The van der Waals surface area contributed by atoms with Crippen molar-refractivity contribution in [3.8, 4) is 0 Å². The summed E-state index contributed by atoms with van der Waals surface area (Å²) in [5.41, 5.74) is 3.81. The molecule has 0 aliphatic carbocycles. The van der Waals surface area contributed by atoms with Gasteiger partial charge in [-0.15, -0.1) is 10.2 Å². The molecular weight excluding hydrogens is 238 g/mol. The topological polar surface area (TPSA) is 57.7 Å². The van der Waals surface area contributed by atoms with E-state index in [1.54, 1.807) is 0 Å². The summed E-state index contributed by atoms with van der Waals surface area (Å²) in [5, 5.41) is 14.2. The van der Waals surface area contributed by atoms with Gasteiger partial charge in [-0.1, -0.05) is 35.9 Å². The molecule has 1 aromatic heterocycles. The van der Waals surface area contributed by atoms with Gasteiger partial charge in [-0.3, -0.25) is 4.90 Å². The molecule has 2 aromatic rings. The molecule has 5 heteroatoms. The zero-order valence-corrected chi connectivity index (χ0v) is 11.0. The van der Waals surface area contributed by atoms with Crippen LogP contribution in [0.25, 0.3) is 5.57 Å². The van der Waals surface area contributed by atoms with Crippen LogP contribution in [0.4, 0.5) is 0 Å². The zero-order valence-electron chi connectivity index (χ0n) is 11.0. The number of H-pyrrole nitrogens is 1. The summed E-state index contributed by atoms with van der Waals surface area (Å²) in [6, 6.07) is 8.72. The summed E-state index contributed by atoms with van der Waals surface area (Å²) in [7, 11) is 0. The van der Waals surface area contributed by atoms with Crippen LogP contribution in [0.1, 0.15) is 23.4 Å². The highest BCUT2D eigenvalue weighted by Gasteiger charge is 2.16. The highest BCUT2D eigenvalue weighted by Crippen LogP contribution is 2.18. The number of aromatic amines is 1. The van der Waals surface area contributed by atoms with Crippen molar-refractivity contribution in [2.45, 2.75) is 19.9 Å². The lowest BCUT2D eigenvalue weighted by Crippen LogP contribution is -2.29. The van der Waals surface area contributed by atoms with E-state index in [1.165, 1.54) is 11.1 Å². The van der Waals surface area contributed by atoms with Crippen LogP contribution in [0.2, 0.25) is 0 Å². The van der Waals surface area contributed by atoms with Gasteiger partial charge in [0.1, 0.15) is 0 Å². The Balaban J connectivity index is 1.67. The SMILES string of the molecule is Cc1ccc(CN2CCC=C(c3nn[nH]n3)C2)cc1. The number of benzene rings is 1. The normalized spacial score (nSPS) is 16.4. The lowest BCUT2D eigenvalue weighted by Gasteiger charge is -2.26. The second kappa shape index (κ2) is 5.32. The predicted octanol–water partition coefficient (Wildman–Crippen LogP) is 1.80. The summed E-state index contributed by atoms with van der Waals surface area (Å²) in [5.74, 6) is 0.716. The van der Waals surface area contributed by atoms with Gasteiger partial charge in [0, 0.05) is 25.2 Å². The smallest absolute Gasteiger partial charge is 0.201 e. The lowest BCUT2D eigenvalue weighted by molar-refractivity contribution is 0.296. The summed E-state index contributed by atoms with van der Waals surface area (Å²) < 4.78 is 0. The minimum atomic E-state index is 0.716. The Morgan fingerprint density at radius 1 is 1.26 bits per heavy atom. The maximum atomic E-state index is 4.05. The zero-order chi connectivity index (χ0) is 13.1. The first-order valence-corrected chi connectivity index (χ1v) is 6.52. The van der Waals surface area contributed by atoms with Crippen LogP contribution >= 0.6 is 0 Å². The van der Waals surface area contributed by atoms with Gasteiger partial charge in [-0.25, -0.2) is 0 Å². The maximum Gasteiger partial charge on any atom is 0.201 e. The van der Waals surface area contributed by atoms with Crippen molar-refractivity contribution >= 4 is 5.57 Å². The molecule has 0 fully saturated rings. The largest absolute Gasteiger partial charge is 0.294 e. The number of nitrogens with zero attached hydrogens (tertiary/aromatic N) is 4. The number of aryl methyl sites for hydroxylation is 1. The molecule has 0 saturated heterocycles. The predicted molar refractivity (Wildman–Crippen MR) is 73.2 cm³/mol. The van der Waals surface area contributed by atoms with E-state index in [9.17, 15) is 0 Å². The molecule has 1 N–H and O–H groups in total. The summed E-state index contributed by atoms with van der Waals surface area (Å²) in [4.78, 5) is 2.41. The van der Waals surface area contributed by atoms with Crippen LogP contribution in [0.3, 0.4) is 0 Å². The molecule has 0 unspecified atom stereocenters. The highest BCUT2D eigenvalue weighted by atomic mass is 15.5. The van der Waals surface area contributed by atoms with Crippen molar-refractivity contribution in [2.75, 3.05) is 13.1 Å². The number of nitrogens with one attached hydrogen (secondary N) is 1. The molecule has 1 aromatic carbocycles. The molecular formula is C14H17N5. The van der Waals surface area contributed by atoms with Crippen molar-refractivity contribution in [3.63, 3.8) is 0 Å². The van der Waals surface area contributed by atoms with Gasteiger partial charge in [0.05, 0.1) is 0 Å². The summed E-state index contributed by atoms with van der Waals surface area (Å²) >= 11 is 0. The van der Waals surface area contributed by atoms with Gasteiger partial charge in [-0.05, 0) is 24.1 Å². The molecule has 2 heterocycles. The monoisotopic (exact) mass is 255 g/mol. The van der Waals surface area contributed by atoms with Crippen molar-refractivity contribution in [3.05, 3.63) is 47.3 Å². The Kier molecular flexibility index (Phi) is 3.37. The fourth-order valence-electron chi connectivity index (χ4n) is 2.35. The molecule has 1 aliphatic heterocycles. The van der Waals surface area contributed by atoms with Crippen molar-refractivity contribution in [1.82, 2.24) is 25.5 Å². The van der Waals surface area contributed by atoms with Gasteiger partial charge in [0.25, 0.3) is 0 Å². The quantitative estimate of drug-likeness (QED) is 0.908. The van der Waals surface area contributed by atoms with Crippen molar-refractivity contribution in [2.24, 2.45) is 0 Å². The van der Waals surface area contributed by atoms with E-state index < -0.39 is 0 Å². The molecule has 3 rings (SSSR count). The van der Waals surface area contributed by atoms with Gasteiger partial charge in [-0.2, -0.15) is 5.21 Å². The van der Waals surface area contributed by atoms with E-state index in [0.29, 0.717) is 5.82 Å². The van der Waals surface area contributed by atoms with E-state index in [1.807, 2.05) is 0 Å². The van der Waals surface area contributed by atoms with Crippen LogP contribution < -0.4 is 0 Å². The Bertz CT molecular complexity index is 556. The van der Waals surface area contributed by atoms with Crippen LogP contribution in [0.15, 0.2) is 30.3 Å². The van der Waals surface area contributed by atoms with Crippen LogP contribution in [0, 0.1) is 6.92 Å². The number of hydrogen-bond acceptors (Lipinski definition) is 4. The molecule has 1 aliphatic rings. The molecule has 98 valence electrons. The summed E-state index contributed by atoms with van der Waals surface area (Å²) in [6.07, 6.45) is 3.24. The fourth-order valence-corrected chi connectivity index (χ4v) is 2.35. The molecule has 5 nitrogen and oxygen atoms in total. The first kappa shape index (κ1) is 12.0. The van der Waals surface area contributed by atoms with Crippen LogP contribution in [-0.4, -0.2) is 38.6 Å². The highest BCUT2D eigenvalue weighted by molar-refractivity contribution is 5.61. The standard InChI is InChI=1S/C14H17N5/c1-11-4-6-12(7-5-11)9-19-8-2-3-13(10-19)14-15-17-18-16-14/h3-7H,2,8-10H2,1H3,(H,15,16,17,18). The second-order valence-electron chi connectivity index (χ2n) is 4.95. The van der Waals surface area contributed by atoms with Crippen LogP contribution in [0.5, 0.6) is 0 Å². The maximum absolute atomic E-state index is 4.05. The first-order valence-electron chi connectivity index (χ1n) is 6.52. The average Bonchev–Trinajstić information content (AvgIpc) is 2.96. The molecule has 0 amide bonds. The van der Waals surface area contributed by atoms with Gasteiger partial charge in [0.2, 0.25) is 5.82 Å². The van der Waals surface area contributed by atoms with Gasteiger partial charge in [0.15, 0.2) is 0 Å². The Labute approximate surface area is 112 Å². The van der Waals surface area contributed by atoms with E-state index in [-0.39, 0.29) is 0 Å². The van der Waals surface area contributed by atoms with E-state index in [2.05, 4.69) is 62.8 Å². The molecule has 0 atom stereocenters. The van der Waals surface area contributed by atoms with E-state index >= 15 is 0 Å². The molecule has 0 bridgehead atoms. The minimum Gasteiger partial charge on any atom is -0.294 e. The number of rotatable bonds is 3. The van der Waals surface area contributed by atoms with Gasteiger partial charge < -0.3 is 0 Å². The van der Waals surface area contributed by atoms with Crippen molar-refractivity contribution in [1.29, 1.82) is 0 Å². The third kappa shape index (κ3) is 2.88. The molecule has 0 radical (unpaired) electrons. The summed E-state index contributed by atoms with van der Waals surface area (Å²) in [6.45, 7) is 5.04. The third-order valence-electron chi connectivity index (χ3n) is 3.39. The first-order chi connectivity index (χ1) is 9.31.